The number of aryl methyl sites for hydroxylation is 1. The molecule has 0 aromatic carbocycles. The molecule has 0 atom stereocenters. The number of hydrogen-bond acceptors (Lipinski definition) is 4. The molecule has 0 aliphatic carbocycles. The zero-order chi connectivity index (χ0) is 11.5. The summed E-state index contributed by atoms with van der Waals surface area (Å²) in [6, 6.07) is 5.58. The normalized spacial score (nSPS) is 10.3. The lowest BCUT2D eigenvalue weighted by Gasteiger charge is -1.98. The summed E-state index contributed by atoms with van der Waals surface area (Å²) in [7, 11) is 0. The molecule has 0 bridgehead atoms. The fourth-order valence-electron chi connectivity index (χ4n) is 1.20. The molecule has 5 heteroatoms. The van der Waals surface area contributed by atoms with E-state index in [-0.39, 0.29) is 0 Å². The van der Waals surface area contributed by atoms with E-state index in [1.807, 2.05) is 24.4 Å². The van der Waals surface area contributed by atoms with Gasteiger partial charge in [0, 0.05) is 27.1 Å². The molecule has 0 saturated heterocycles. The van der Waals surface area contributed by atoms with Gasteiger partial charge in [0.15, 0.2) is 0 Å². The second kappa shape index (κ2) is 4.67. The average Bonchev–Trinajstić information content (AvgIpc) is 2.66. The van der Waals surface area contributed by atoms with Gasteiger partial charge in [-0.3, -0.25) is 4.98 Å². The van der Waals surface area contributed by atoms with Crippen LogP contribution >= 0.6 is 23.1 Å². The van der Waals surface area contributed by atoms with E-state index in [4.69, 9.17) is 5.11 Å². The smallest absolute Gasteiger partial charge is 0.345 e. The van der Waals surface area contributed by atoms with Gasteiger partial charge in [-0.25, -0.2) is 4.79 Å². The summed E-state index contributed by atoms with van der Waals surface area (Å²) in [6.07, 6.45) is 1.75. The molecule has 0 amide bonds. The average molecular weight is 251 g/mol. The predicted molar refractivity (Wildman–Crippen MR) is 64.4 cm³/mol. The first kappa shape index (κ1) is 11.2. The first-order valence-electron chi connectivity index (χ1n) is 4.57. The third-order valence-electron chi connectivity index (χ3n) is 1.89. The number of pyridine rings is 1. The zero-order valence-electron chi connectivity index (χ0n) is 8.51. The Kier molecular flexibility index (Phi) is 3.26. The van der Waals surface area contributed by atoms with Gasteiger partial charge in [0.05, 0.1) is 0 Å². The fourth-order valence-corrected chi connectivity index (χ4v) is 3.03. The van der Waals surface area contributed by atoms with E-state index in [0.29, 0.717) is 4.88 Å². The summed E-state index contributed by atoms with van der Waals surface area (Å²) in [5.74, 6) is -0.872. The van der Waals surface area contributed by atoms with Crippen LogP contribution in [0.2, 0.25) is 0 Å². The van der Waals surface area contributed by atoms with Crippen molar-refractivity contribution in [2.75, 3.05) is 0 Å². The van der Waals surface area contributed by atoms with Crippen molar-refractivity contribution in [3.63, 3.8) is 0 Å². The zero-order valence-corrected chi connectivity index (χ0v) is 10.1. The van der Waals surface area contributed by atoms with E-state index in [1.165, 1.54) is 11.3 Å². The molecule has 0 spiro atoms. The van der Waals surface area contributed by atoms with Gasteiger partial charge in [-0.1, -0.05) is 11.8 Å². The van der Waals surface area contributed by atoms with E-state index < -0.39 is 5.97 Å². The molecular weight excluding hydrogens is 242 g/mol. The van der Waals surface area contributed by atoms with Crippen molar-refractivity contribution in [2.45, 2.75) is 16.7 Å². The first-order valence-corrected chi connectivity index (χ1v) is 6.27. The van der Waals surface area contributed by atoms with Gasteiger partial charge in [-0.05, 0) is 25.1 Å². The lowest BCUT2D eigenvalue weighted by atomic mass is 10.4. The van der Waals surface area contributed by atoms with Gasteiger partial charge in [0.2, 0.25) is 0 Å². The third kappa shape index (κ3) is 2.62. The Labute approximate surface area is 101 Å². The van der Waals surface area contributed by atoms with E-state index in [2.05, 4.69) is 4.98 Å². The Balaban J connectivity index is 2.17. The standard InChI is InChI=1S/C11H9NO2S2/c1-7-4-8(2-3-12-7)16-9-5-10(11(13)14)15-6-9/h2-6H,1H3,(H,13,14). The maximum absolute atomic E-state index is 10.7. The largest absolute Gasteiger partial charge is 0.477 e. The molecule has 3 nitrogen and oxygen atoms in total. The molecule has 2 aromatic heterocycles. The SMILES string of the molecule is Cc1cc(Sc2csc(C(=O)O)c2)ccn1. The summed E-state index contributed by atoms with van der Waals surface area (Å²) >= 11 is 2.79. The van der Waals surface area contributed by atoms with Gasteiger partial charge in [0.25, 0.3) is 0 Å². The molecule has 0 saturated carbocycles. The van der Waals surface area contributed by atoms with Crippen molar-refractivity contribution in [3.8, 4) is 0 Å². The Morgan fingerprint density at radius 2 is 2.25 bits per heavy atom. The van der Waals surface area contributed by atoms with Crippen LogP contribution in [-0.4, -0.2) is 16.1 Å². The monoisotopic (exact) mass is 251 g/mol. The maximum atomic E-state index is 10.7. The van der Waals surface area contributed by atoms with Gasteiger partial charge in [-0.15, -0.1) is 11.3 Å². The van der Waals surface area contributed by atoms with Crippen molar-refractivity contribution in [1.82, 2.24) is 4.98 Å². The van der Waals surface area contributed by atoms with Crippen LogP contribution in [0.1, 0.15) is 15.4 Å². The highest BCUT2D eigenvalue weighted by atomic mass is 32.2. The number of aromatic nitrogens is 1. The number of rotatable bonds is 3. The van der Waals surface area contributed by atoms with Crippen molar-refractivity contribution in [2.24, 2.45) is 0 Å². The number of carbonyl (C=O) groups is 1. The molecule has 1 N–H and O–H groups in total. The van der Waals surface area contributed by atoms with Crippen LogP contribution in [0.5, 0.6) is 0 Å². The van der Waals surface area contributed by atoms with E-state index in [0.717, 1.165) is 15.5 Å². The topological polar surface area (TPSA) is 50.2 Å². The van der Waals surface area contributed by atoms with Crippen LogP contribution in [0.4, 0.5) is 0 Å². The van der Waals surface area contributed by atoms with Gasteiger partial charge < -0.3 is 5.11 Å². The summed E-state index contributed by atoms with van der Waals surface area (Å²) in [5.41, 5.74) is 0.957. The Morgan fingerprint density at radius 1 is 1.44 bits per heavy atom. The maximum Gasteiger partial charge on any atom is 0.345 e. The fraction of sp³-hybridized carbons (Fsp3) is 0.0909. The summed E-state index contributed by atoms with van der Waals surface area (Å²) in [5, 5.41) is 10.7. The van der Waals surface area contributed by atoms with Gasteiger partial charge in [0.1, 0.15) is 4.88 Å². The van der Waals surface area contributed by atoms with E-state index >= 15 is 0 Å². The Hall–Kier alpha value is -1.33. The molecule has 2 heterocycles. The van der Waals surface area contributed by atoms with Gasteiger partial charge in [-0.2, -0.15) is 0 Å². The molecular formula is C11H9NO2S2. The summed E-state index contributed by atoms with van der Waals surface area (Å²) < 4.78 is 0. The van der Waals surface area contributed by atoms with Crippen molar-refractivity contribution in [1.29, 1.82) is 0 Å². The number of carboxylic acid groups (broad SMARTS) is 1. The van der Waals surface area contributed by atoms with E-state index in [1.54, 1.807) is 24.0 Å². The summed E-state index contributed by atoms with van der Waals surface area (Å²) in [4.78, 5) is 17.2. The highest BCUT2D eigenvalue weighted by molar-refractivity contribution is 7.99. The lowest BCUT2D eigenvalue weighted by Crippen LogP contribution is -1.89. The van der Waals surface area contributed by atoms with Crippen molar-refractivity contribution in [3.05, 3.63) is 40.3 Å². The highest BCUT2D eigenvalue weighted by Crippen LogP contribution is 2.31. The number of nitrogens with zero attached hydrogens (tertiary/aromatic N) is 1. The van der Waals surface area contributed by atoms with Crippen LogP contribution in [-0.2, 0) is 0 Å². The molecule has 0 fully saturated rings. The summed E-state index contributed by atoms with van der Waals surface area (Å²) in [6.45, 7) is 1.93. The molecule has 82 valence electrons. The molecule has 0 radical (unpaired) electrons. The quantitative estimate of drug-likeness (QED) is 0.909. The third-order valence-corrected chi connectivity index (χ3v) is 3.92. The molecule has 0 aliphatic heterocycles. The minimum absolute atomic E-state index is 0.369. The van der Waals surface area contributed by atoms with Crippen LogP contribution in [0.25, 0.3) is 0 Å². The minimum Gasteiger partial charge on any atom is -0.477 e. The van der Waals surface area contributed by atoms with Crippen LogP contribution in [0, 0.1) is 6.92 Å². The molecule has 16 heavy (non-hydrogen) atoms. The van der Waals surface area contributed by atoms with E-state index in [9.17, 15) is 4.79 Å². The molecule has 0 unspecified atom stereocenters. The van der Waals surface area contributed by atoms with Crippen LogP contribution < -0.4 is 0 Å². The minimum atomic E-state index is -0.872. The Bertz CT molecular complexity index is 522. The van der Waals surface area contributed by atoms with Crippen LogP contribution in [0.15, 0.2) is 39.6 Å². The highest BCUT2D eigenvalue weighted by Gasteiger charge is 2.07. The number of thiophene rings is 1. The van der Waals surface area contributed by atoms with Crippen molar-refractivity contribution >= 4 is 29.1 Å². The first-order chi connectivity index (χ1) is 7.65. The number of aromatic carboxylic acids is 1. The second-order valence-electron chi connectivity index (χ2n) is 3.19. The Morgan fingerprint density at radius 3 is 2.88 bits per heavy atom. The molecule has 2 rings (SSSR count). The van der Waals surface area contributed by atoms with Crippen molar-refractivity contribution < 1.29 is 9.90 Å². The molecule has 2 aromatic rings. The van der Waals surface area contributed by atoms with Crippen LogP contribution in [0.3, 0.4) is 0 Å². The second-order valence-corrected chi connectivity index (χ2v) is 5.24. The van der Waals surface area contributed by atoms with Gasteiger partial charge >= 0.3 is 5.97 Å². The predicted octanol–water partition coefficient (Wildman–Crippen LogP) is 3.30. The molecule has 0 aliphatic rings. The number of hydrogen-bond donors (Lipinski definition) is 1. The lowest BCUT2D eigenvalue weighted by molar-refractivity contribution is 0.0702. The number of carboxylic acids is 1.